The molecule has 3 rings (SSSR count). The zero-order valence-electron chi connectivity index (χ0n) is 11.6. The van der Waals surface area contributed by atoms with Crippen LogP contribution in [-0.4, -0.2) is 14.9 Å². The molecule has 0 aliphatic heterocycles. The van der Waals surface area contributed by atoms with Gasteiger partial charge in [0.05, 0.1) is 28.2 Å². The molecule has 0 bridgehead atoms. The number of hydrogen-bond acceptors (Lipinski definition) is 6. The van der Waals surface area contributed by atoms with Gasteiger partial charge in [0.15, 0.2) is 0 Å². The average Bonchev–Trinajstić information content (AvgIpc) is 3.01. The van der Waals surface area contributed by atoms with E-state index in [9.17, 15) is 14.9 Å². The summed E-state index contributed by atoms with van der Waals surface area (Å²) in [7, 11) is 0. The maximum absolute atomic E-state index is 11.7. The fourth-order valence-electron chi connectivity index (χ4n) is 2.21. The Hall–Kier alpha value is -2.74. The van der Waals surface area contributed by atoms with Crippen LogP contribution in [0, 0.1) is 10.1 Å². The third-order valence-corrected chi connectivity index (χ3v) is 4.35. The number of H-pyrrole nitrogens is 1. The molecular weight excluding hydrogens is 304 g/mol. The highest BCUT2D eigenvalue weighted by molar-refractivity contribution is 7.10. The molecule has 0 amide bonds. The molecular formula is C14H12N4O3S. The number of benzene rings is 1. The third-order valence-electron chi connectivity index (χ3n) is 3.30. The van der Waals surface area contributed by atoms with Gasteiger partial charge in [-0.15, -0.1) is 11.3 Å². The second-order valence-corrected chi connectivity index (χ2v) is 5.74. The number of hydrogen-bond donors (Lipinski definition) is 2. The second-order valence-electron chi connectivity index (χ2n) is 4.76. The number of rotatable bonds is 4. The molecule has 0 aliphatic rings. The molecule has 0 radical (unpaired) electrons. The van der Waals surface area contributed by atoms with Gasteiger partial charge in [-0.25, -0.2) is 4.98 Å². The van der Waals surface area contributed by atoms with Gasteiger partial charge in [-0.2, -0.15) is 0 Å². The number of nitrogens with one attached hydrogen (secondary N) is 2. The molecule has 0 aliphatic carbocycles. The first-order valence-electron chi connectivity index (χ1n) is 6.52. The summed E-state index contributed by atoms with van der Waals surface area (Å²) in [5.74, 6) is 0. The lowest BCUT2D eigenvalue weighted by molar-refractivity contribution is -0.383. The van der Waals surface area contributed by atoms with Crippen LogP contribution >= 0.6 is 11.3 Å². The van der Waals surface area contributed by atoms with Crippen molar-refractivity contribution in [1.29, 1.82) is 0 Å². The van der Waals surface area contributed by atoms with Gasteiger partial charge in [-0.05, 0) is 24.4 Å². The van der Waals surface area contributed by atoms with Crippen molar-refractivity contribution in [3.8, 4) is 0 Å². The maximum atomic E-state index is 11.7. The number of aromatic amines is 1. The Morgan fingerprint density at radius 3 is 2.95 bits per heavy atom. The molecule has 2 aromatic heterocycles. The number of anilines is 1. The average molecular weight is 316 g/mol. The summed E-state index contributed by atoms with van der Waals surface area (Å²) in [6, 6.07) is 6.59. The minimum atomic E-state index is -0.505. The Labute approximate surface area is 128 Å². The number of nitro benzene ring substituents is 1. The van der Waals surface area contributed by atoms with Crippen LogP contribution in [0.2, 0.25) is 0 Å². The summed E-state index contributed by atoms with van der Waals surface area (Å²) in [6.07, 6.45) is 1.28. The van der Waals surface area contributed by atoms with E-state index in [1.165, 1.54) is 18.5 Å². The number of nitro groups is 1. The van der Waals surface area contributed by atoms with Crippen LogP contribution in [0.25, 0.3) is 10.9 Å². The highest BCUT2D eigenvalue weighted by Gasteiger charge is 2.19. The monoisotopic (exact) mass is 316 g/mol. The van der Waals surface area contributed by atoms with E-state index >= 15 is 0 Å². The zero-order valence-corrected chi connectivity index (χ0v) is 12.4. The Morgan fingerprint density at radius 2 is 2.27 bits per heavy atom. The predicted octanol–water partition coefficient (Wildman–Crippen LogP) is 3.07. The number of thiophene rings is 1. The second kappa shape index (κ2) is 5.57. The summed E-state index contributed by atoms with van der Waals surface area (Å²) in [5, 5.41) is 16.5. The third kappa shape index (κ3) is 2.56. The highest BCUT2D eigenvalue weighted by Crippen LogP contribution is 2.31. The summed E-state index contributed by atoms with van der Waals surface area (Å²) in [6.45, 7) is 1.92. The Kier molecular flexibility index (Phi) is 3.60. The van der Waals surface area contributed by atoms with E-state index in [-0.39, 0.29) is 17.1 Å². The molecule has 0 saturated carbocycles. The van der Waals surface area contributed by atoms with E-state index in [0.29, 0.717) is 11.2 Å². The van der Waals surface area contributed by atoms with Crippen molar-refractivity contribution >= 4 is 33.6 Å². The van der Waals surface area contributed by atoms with E-state index in [2.05, 4.69) is 15.3 Å². The lowest BCUT2D eigenvalue weighted by Crippen LogP contribution is -2.10. The van der Waals surface area contributed by atoms with Crippen molar-refractivity contribution in [2.45, 2.75) is 13.0 Å². The van der Waals surface area contributed by atoms with Crippen molar-refractivity contribution in [1.82, 2.24) is 9.97 Å². The molecule has 3 aromatic rings. The van der Waals surface area contributed by atoms with Crippen LogP contribution in [-0.2, 0) is 0 Å². The van der Waals surface area contributed by atoms with Gasteiger partial charge < -0.3 is 10.3 Å². The zero-order chi connectivity index (χ0) is 15.7. The van der Waals surface area contributed by atoms with Gasteiger partial charge in [-0.3, -0.25) is 14.9 Å². The van der Waals surface area contributed by atoms with Crippen LogP contribution in [0.4, 0.5) is 11.4 Å². The summed E-state index contributed by atoms with van der Waals surface area (Å²) >= 11 is 1.57. The minimum Gasteiger partial charge on any atom is -0.372 e. The van der Waals surface area contributed by atoms with Crippen LogP contribution in [0.15, 0.2) is 40.8 Å². The SMILES string of the molecule is CC(Nc1cc2nc[nH]c(=O)c2cc1[N+](=O)[O-])c1cccs1. The van der Waals surface area contributed by atoms with Gasteiger partial charge in [0, 0.05) is 10.9 Å². The molecule has 0 saturated heterocycles. The molecule has 1 unspecified atom stereocenters. The van der Waals surface area contributed by atoms with Gasteiger partial charge in [0.2, 0.25) is 0 Å². The first-order chi connectivity index (χ1) is 10.6. The van der Waals surface area contributed by atoms with E-state index < -0.39 is 10.5 Å². The molecule has 2 N–H and O–H groups in total. The number of aromatic nitrogens is 2. The highest BCUT2D eigenvalue weighted by atomic mass is 32.1. The van der Waals surface area contributed by atoms with Crippen molar-refractivity contribution in [3.05, 3.63) is 61.3 Å². The van der Waals surface area contributed by atoms with Gasteiger partial charge in [0.1, 0.15) is 5.69 Å². The van der Waals surface area contributed by atoms with Crippen LogP contribution < -0.4 is 10.9 Å². The molecule has 7 nitrogen and oxygen atoms in total. The lowest BCUT2D eigenvalue weighted by Gasteiger charge is -2.14. The molecule has 0 spiro atoms. The van der Waals surface area contributed by atoms with Crippen molar-refractivity contribution in [2.24, 2.45) is 0 Å². The van der Waals surface area contributed by atoms with Crippen LogP contribution in [0.1, 0.15) is 17.8 Å². The standard InChI is InChI=1S/C14H12N4O3S/c1-8(13-3-2-4-22-13)17-11-6-10-9(5-12(11)18(20)21)14(19)16-7-15-10/h2-8,17H,1H3,(H,15,16,19). The Morgan fingerprint density at radius 1 is 1.45 bits per heavy atom. The number of fused-ring (bicyclic) bond motifs is 1. The van der Waals surface area contributed by atoms with Gasteiger partial charge >= 0.3 is 0 Å². The van der Waals surface area contributed by atoms with E-state index in [1.807, 2.05) is 24.4 Å². The predicted molar refractivity (Wildman–Crippen MR) is 85.4 cm³/mol. The van der Waals surface area contributed by atoms with E-state index in [0.717, 1.165) is 4.88 Å². The van der Waals surface area contributed by atoms with Crippen molar-refractivity contribution in [2.75, 3.05) is 5.32 Å². The normalized spacial score (nSPS) is 12.2. The summed E-state index contributed by atoms with van der Waals surface area (Å²) in [5.41, 5.74) is 0.215. The smallest absolute Gasteiger partial charge is 0.293 e. The molecule has 0 fully saturated rings. The first kappa shape index (κ1) is 14.2. The van der Waals surface area contributed by atoms with Gasteiger partial charge in [0.25, 0.3) is 11.2 Å². The fourth-order valence-corrected chi connectivity index (χ4v) is 2.95. The largest absolute Gasteiger partial charge is 0.372 e. The molecule has 1 aromatic carbocycles. The van der Waals surface area contributed by atoms with Crippen LogP contribution in [0.3, 0.4) is 0 Å². The molecule has 22 heavy (non-hydrogen) atoms. The molecule has 1 atom stereocenters. The molecule has 112 valence electrons. The fraction of sp³-hybridized carbons (Fsp3) is 0.143. The van der Waals surface area contributed by atoms with Crippen LogP contribution in [0.5, 0.6) is 0 Å². The van der Waals surface area contributed by atoms with Crippen molar-refractivity contribution in [3.63, 3.8) is 0 Å². The minimum absolute atomic E-state index is 0.0850. The summed E-state index contributed by atoms with van der Waals surface area (Å²) < 4.78 is 0. The summed E-state index contributed by atoms with van der Waals surface area (Å²) in [4.78, 5) is 30.0. The van der Waals surface area contributed by atoms with Crippen molar-refractivity contribution < 1.29 is 4.92 Å². The molecule has 8 heteroatoms. The number of nitrogens with zero attached hydrogens (tertiary/aromatic N) is 2. The quantitative estimate of drug-likeness (QED) is 0.569. The Balaban J connectivity index is 2.09. The van der Waals surface area contributed by atoms with Gasteiger partial charge in [-0.1, -0.05) is 6.07 Å². The van der Waals surface area contributed by atoms with E-state index in [1.54, 1.807) is 11.3 Å². The molecule has 2 heterocycles. The van der Waals surface area contributed by atoms with E-state index in [4.69, 9.17) is 0 Å². The lowest BCUT2D eigenvalue weighted by atomic mass is 10.1. The first-order valence-corrected chi connectivity index (χ1v) is 7.40. The topological polar surface area (TPSA) is 101 Å². The Bertz CT molecular complexity index is 889. The maximum Gasteiger partial charge on any atom is 0.293 e.